The van der Waals surface area contributed by atoms with E-state index in [9.17, 15) is 0 Å². The average Bonchev–Trinajstić information content (AvgIpc) is 2.17. The molecule has 5 N–H and O–H groups in total. The Hall–Kier alpha value is -0.970. The summed E-state index contributed by atoms with van der Waals surface area (Å²) in [5.41, 5.74) is 12.3. The Balaban J connectivity index is 3.17. The van der Waals surface area contributed by atoms with Gasteiger partial charge in [-0.2, -0.15) is 0 Å². The van der Waals surface area contributed by atoms with Crippen LogP contribution in [0.1, 0.15) is 11.6 Å². The van der Waals surface area contributed by atoms with Crippen molar-refractivity contribution in [3.05, 3.63) is 22.7 Å². The molecule has 0 bridgehead atoms. The summed E-state index contributed by atoms with van der Waals surface area (Å²) in [5.74, 6) is 0.508. The molecular weight excluding hydrogens is 204 g/mol. The Labute approximate surface area is 87.4 Å². The molecule has 1 atom stereocenters. The van der Waals surface area contributed by atoms with E-state index in [-0.39, 0.29) is 6.61 Å². The zero-order valence-electron chi connectivity index (χ0n) is 7.83. The van der Waals surface area contributed by atoms with E-state index in [0.29, 0.717) is 22.0 Å². The van der Waals surface area contributed by atoms with Crippen LogP contribution in [0.5, 0.6) is 5.75 Å². The van der Waals surface area contributed by atoms with Crippen LogP contribution >= 0.6 is 11.6 Å². The van der Waals surface area contributed by atoms with Crippen molar-refractivity contribution in [1.82, 2.24) is 0 Å². The van der Waals surface area contributed by atoms with E-state index >= 15 is 0 Å². The van der Waals surface area contributed by atoms with E-state index in [0.717, 1.165) is 0 Å². The van der Waals surface area contributed by atoms with Gasteiger partial charge in [0.1, 0.15) is 5.75 Å². The van der Waals surface area contributed by atoms with Gasteiger partial charge in [-0.25, -0.2) is 0 Å². The first-order valence-electron chi connectivity index (χ1n) is 4.09. The highest BCUT2D eigenvalue weighted by Gasteiger charge is 2.12. The molecule has 1 aromatic carbocycles. The normalized spacial score (nSPS) is 12.6. The maximum Gasteiger partial charge on any atom is 0.142 e. The fraction of sp³-hybridized carbons (Fsp3) is 0.333. The van der Waals surface area contributed by atoms with Crippen LogP contribution < -0.4 is 16.2 Å². The van der Waals surface area contributed by atoms with Gasteiger partial charge in [-0.05, 0) is 17.7 Å². The summed E-state index contributed by atoms with van der Waals surface area (Å²) in [6, 6.07) is 2.68. The van der Waals surface area contributed by atoms with Crippen LogP contribution in [0.15, 0.2) is 12.1 Å². The van der Waals surface area contributed by atoms with Crippen LogP contribution in [0, 0.1) is 0 Å². The van der Waals surface area contributed by atoms with E-state index in [1.807, 2.05) is 0 Å². The Morgan fingerprint density at radius 3 is 2.71 bits per heavy atom. The number of hydrogen-bond donors (Lipinski definition) is 3. The molecule has 0 amide bonds. The van der Waals surface area contributed by atoms with Gasteiger partial charge >= 0.3 is 0 Å². The molecule has 1 rings (SSSR count). The van der Waals surface area contributed by atoms with Crippen LogP contribution in [-0.2, 0) is 0 Å². The summed E-state index contributed by atoms with van der Waals surface area (Å²) in [5, 5.41) is 9.32. The summed E-state index contributed by atoms with van der Waals surface area (Å²) in [6.07, 6.45) is 0. The van der Waals surface area contributed by atoms with Gasteiger partial charge in [0, 0.05) is 5.02 Å². The summed E-state index contributed by atoms with van der Waals surface area (Å²) >= 11 is 5.91. The zero-order valence-corrected chi connectivity index (χ0v) is 8.58. The smallest absolute Gasteiger partial charge is 0.142 e. The summed E-state index contributed by atoms with van der Waals surface area (Å²) < 4.78 is 5.01. The lowest BCUT2D eigenvalue weighted by Gasteiger charge is -2.13. The van der Waals surface area contributed by atoms with E-state index in [1.54, 1.807) is 12.1 Å². The predicted octanol–water partition coefficient (Wildman–Crippen LogP) is 0.923. The first kappa shape index (κ1) is 11.1. The van der Waals surface area contributed by atoms with Gasteiger partial charge in [0.15, 0.2) is 0 Å². The van der Waals surface area contributed by atoms with Gasteiger partial charge < -0.3 is 21.3 Å². The molecule has 0 radical (unpaired) electrons. The number of benzene rings is 1. The third kappa shape index (κ3) is 2.09. The van der Waals surface area contributed by atoms with Gasteiger partial charge in [0.05, 0.1) is 25.4 Å². The van der Waals surface area contributed by atoms with Crippen molar-refractivity contribution in [3.63, 3.8) is 0 Å². The molecular formula is C9H13ClN2O2. The molecule has 0 heterocycles. The van der Waals surface area contributed by atoms with Gasteiger partial charge in [-0.1, -0.05) is 11.6 Å². The third-order valence-electron chi connectivity index (χ3n) is 1.95. The predicted molar refractivity (Wildman–Crippen MR) is 56.4 cm³/mol. The van der Waals surface area contributed by atoms with E-state index in [4.69, 9.17) is 32.9 Å². The van der Waals surface area contributed by atoms with Crippen molar-refractivity contribution in [1.29, 1.82) is 0 Å². The molecule has 14 heavy (non-hydrogen) atoms. The molecule has 0 saturated heterocycles. The summed E-state index contributed by atoms with van der Waals surface area (Å²) in [4.78, 5) is 0. The second-order valence-corrected chi connectivity index (χ2v) is 3.31. The van der Waals surface area contributed by atoms with Crippen molar-refractivity contribution in [2.75, 3.05) is 19.5 Å². The molecule has 0 aromatic heterocycles. The highest BCUT2D eigenvalue weighted by atomic mass is 35.5. The minimum Gasteiger partial charge on any atom is -0.495 e. The number of hydrogen-bond acceptors (Lipinski definition) is 4. The van der Waals surface area contributed by atoms with Crippen LogP contribution in [-0.4, -0.2) is 18.8 Å². The van der Waals surface area contributed by atoms with Gasteiger partial charge in [0.2, 0.25) is 0 Å². The maximum absolute atomic E-state index is 8.89. The molecule has 78 valence electrons. The molecule has 4 nitrogen and oxygen atoms in total. The van der Waals surface area contributed by atoms with Gasteiger partial charge in [-0.15, -0.1) is 0 Å². The number of nitrogen functional groups attached to an aromatic ring is 1. The average molecular weight is 217 g/mol. The molecule has 5 heteroatoms. The minimum absolute atomic E-state index is 0.174. The number of aliphatic hydroxyl groups excluding tert-OH is 1. The molecule has 0 spiro atoms. The maximum atomic E-state index is 8.89. The Morgan fingerprint density at radius 1 is 1.57 bits per heavy atom. The van der Waals surface area contributed by atoms with Crippen molar-refractivity contribution in [3.8, 4) is 5.75 Å². The van der Waals surface area contributed by atoms with Gasteiger partial charge in [-0.3, -0.25) is 0 Å². The molecule has 0 saturated carbocycles. The molecule has 0 aliphatic rings. The van der Waals surface area contributed by atoms with Crippen molar-refractivity contribution in [2.45, 2.75) is 6.04 Å². The van der Waals surface area contributed by atoms with Crippen molar-refractivity contribution in [2.24, 2.45) is 5.73 Å². The van der Waals surface area contributed by atoms with E-state index in [2.05, 4.69) is 0 Å². The van der Waals surface area contributed by atoms with E-state index in [1.165, 1.54) is 7.11 Å². The lowest BCUT2D eigenvalue weighted by atomic mass is 10.1. The SMILES string of the molecule is COc1cc(C(N)CO)c(Cl)cc1N. The number of methoxy groups -OCH3 is 1. The summed E-state index contributed by atoms with van der Waals surface area (Å²) in [6.45, 7) is -0.174. The zero-order chi connectivity index (χ0) is 10.7. The Kier molecular flexibility index (Phi) is 3.57. The fourth-order valence-electron chi connectivity index (χ4n) is 1.14. The lowest BCUT2D eigenvalue weighted by molar-refractivity contribution is 0.268. The first-order valence-corrected chi connectivity index (χ1v) is 4.47. The third-order valence-corrected chi connectivity index (χ3v) is 2.27. The summed E-state index contributed by atoms with van der Waals surface area (Å²) in [7, 11) is 1.51. The number of aliphatic hydroxyl groups is 1. The monoisotopic (exact) mass is 216 g/mol. The molecule has 0 aliphatic carbocycles. The largest absolute Gasteiger partial charge is 0.495 e. The Morgan fingerprint density at radius 2 is 2.21 bits per heavy atom. The topological polar surface area (TPSA) is 81.5 Å². The molecule has 1 unspecified atom stereocenters. The van der Waals surface area contributed by atoms with Crippen molar-refractivity contribution >= 4 is 17.3 Å². The van der Waals surface area contributed by atoms with Crippen LogP contribution in [0.4, 0.5) is 5.69 Å². The van der Waals surface area contributed by atoms with Crippen LogP contribution in [0.2, 0.25) is 5.02 Å². The lowest BCUT2D eigenvalue weighted by Crippen LogP contribution is -2.15. The first-order chi connectivity index (χ1) is 6.60. The molecule has 0 fully saturated rings. The van der Waals surface area contributed by atoms with E-state index < -0.39 is 6.04 Å². The number of rotatable bonds is 3. The van der Waals surface area contributed by atoms with Crippen LogP contribution in [0.3, 0.4) is 0 Å². The molecule has 1 aromatic rings. The number of ether oxygens (including phenoxy) is 1. The number of anilines is 1. The second kappa shape index (κ2) is 4.50. The highest BCUT2D eigenvalue weighted by Crippen LogP contribution is 2.31. The Bertz CT molecular complexity index is 331. The standard InChI is InChI=1S/C9H13ClN2O2/c1-14-9-2-5(8(12)4-13)6(10)3-7(9)11/h2-3,8,13H,4,11-12H2,1H3. The van der Waals surface area contributed by atoms with Gasteiger partial charge in [0.25, 0.3) is 0 Å². The fourth-order valence-corrected chi connectivity index (χ4v) is 1.46. The van der Waals surface area contributed by atoms with Crippen LogP contribution in [0.25, 0.3) is 0 Å². The van der Waals surface area contributed by atoms with Crippen molar-refractivity contribution < 1.29 is 9.84 Å². The quantitative estimate of drug-likeness (QED) is 0.657. The number of nitrogens with two attached hydrogens (primary N) is 2. The second-order valence-electron chi connectivity index (χ2n) is 2.90. The number of halogens is 1. The molecule has 0 aliphatic heterocycles. The highest BCUT2D eigenvalue weighted by molar-refractivity contribution is 6.31. The minimum atomic E-state index is -0.517.